The van der Waals surface area contributed by atoms with Crippen LogP contribution in [0.1, 0.15) is 25.0 Å². The lowest BCUT2D eigenvalue weighted by molar-refractivity contribution is 0.686. The first kappa shape index (κ1) is 34.1. The van der Waals surface area contributed by atoms with Gasteiger partial charge < -0.3 is 9.13 Å². The Morgan fingerprint density at radius 2 is 1.23 bits per heavy atom. The zero-order valence-corrected chi connectivity index (χ0v) is 28.9. The van der Waals surface area contributed by atoms with Gasteiger partial charge in [0.2, 0.25) is 0 Å². The van der Waals surface area contributed by atoms with Crippen molar-refractivity contribution in [3.05, 3.63) is 117 Å². The Balaban J connectivity index is 0.000000226. The summed E-state index contributed by atoms with van der Waals surface area (Å²) in [5.74, 6) is 1.47. The highest BCUT2D eigenvalue weighted by Crippen LogP contribution is 2.21. The third-order valence-electron chi connectivity index (χ3n) is 4.89. The molecule has 13 heteroatoms. The Labute approximate surface area is 272 Å². The van der Waals surface area contributed by atoms with Crippen LogP contribution >= 0.6 is 95.4 Å². The lowest BCUT2D eigenvalue weighted by Crippen LogP contribution is -2.21. The largest absolute Gasteiger partial charge is 0.311 e. The molecule has 0 aliphatic rings. The van der Waals surface area contributed by atoms with Gasteiger partial charge in [0.15, 0.2) is 9.63 Å². The zero-order valence-electron chi connectivity index (χ0n) is 21.0. The van der Waals surface area contributed by atoms with E-state index in [0.29, 0.717) is 42.7 Å². The van der Waals surface area contributed by atoms with E-state index in [1.165, 1.54) is 17.3 Å². The molecule has 0 unspecified atom stereocenters. The Bertz CT molecular complexity index is 1470. The fraction of sp³-hybridized carbons (Fsp3) is 0.231. The molecule has 0 radical (unpaired) electrons. The molecular weight excluding hydrogens is 775 g/mol. The molecule has 39 heavy (non-hydrogen) atoms. The number of rotatable bonds is 6. The maximum Gasteiger partial charge on any atom is 0.283 e. The van der Waals surface area contributed by atoms with Gasteiger partial charge in [-0.25, -0.2) is 9.97 Å². The van der Waals surface area contributed by atoms with E-state index in [4.69, 9.17) is 23.2 Å². The van der Waals surface area contributed by atoms with Crippen molar-refractivity contribution >= 4 is 95.4 Å². The quantitative estimate of drug-likeness (QED) is 0.157. The Morgan fingerprint density at radius 3 is 1.72 bits per heavy atom. The molecule has 0 atom stereocenters. The van der Waals surface area contributed by atoms with E-state index < -0.39 is 0 Å². The lowest BCUT2D eigenvalue weighted by atomic mass is 10.2. The topological polar surface area (TPSA) is 69.8 Å². The van der Waals surface area contributed by atoms with Gasteiger partial charge in [0, 0.05) is 47.0 Å². The average molecular weight is 800 g/mol. The monoisotopic (exact) mass is 796 g/mol. The molecule has 2 heterocycles. The lowest BCUT2D eigenvalue weighted by Gasteiger charge is -2.06. The van der Waals surface area contributed by atoms with Crippen molar-refractivity contribution in [2.24, 2.45) is 0 Å². The van der Waals surface area contributed by atoms with E-state index >= 15 is 0 Å². The summed E-state index contributed by atoms with van der Waals surface area (Å²) in [6.45, 7) is 5.12. The van der Waals surface area contributed by atoms with Crippen molar-refractivity contribution in [1.29, 1.82) is 0 Å². The molecule has 0 N–H and O–H groups in total. The number of nitrogens with zero attached hydrogens (tertiary/aromatic N) is 4. The van der Waals surface area contributed by atoms with Crippen molar-refractivity contribution in [1.82, 2.24) is 19.1 Å². The third kappa shape index (κ3) is 11.7. The van der Waals surface area contributed by atoms with Gasteiger partial charge >= 0.3 is 0 Å². The van der Waals surface area contributed by atoms with Gasteiger partial charge in [-0.15, -0.1) is 0 Å². The van der Waals surface area contributed by atoms with Gasteiger partial charge in [0.05, 0.1) is 0 Å². The molecule has 0 aliphatic heterocycles. The van der Waals surface area contributed by atoms with E-state index in [1.54, 1.807) is 21.5 Å². The molecular formula is C26H25Br3Cl2N4O2S2. The molecule has 0 bridgehead atoms. The van der Waals surface area contributed by atoms with Crippen LogP contribution < -0.4 is 11.1 Å². The van der Waals surface area contributed by atoms with Crippen molar-refractivity contribution in [3.63, 3.8) is 0 Å². The predicted molar refractivity (Wildman–Crippen MR) is 177 cm³/mol. The molecule has 0 saturated heterocycles. The minimum absolute atomic E-state index is 0.0512. The van der Waals surface area contributed by atoms with E-state index in [-0.39, 0.29) is 11.1 Å². The molecule has 2 aromatic carbocycles. The first-order valence-corrected chi connectivity index (χ1v) is 16.2. The number of thiol groups is 1. The Morgan fingerprint density at radius 1 is 0.769 bits per heavy atom. The van der Waals surface area contributed by atoms with Crippen LogP contribution in [0.4, 0.5) is 0 Å². The van der Waals surface area contributed by atoms with Gasteiger partial charge in [0.1, 0.15) is 9.21 Å². The number of thioether (sulfide) groups is 1. The molecule has 0 fully saturated rings. The van der Waals surface area contributed by atoms with Crippen LogP contribution in [0, 0.1) is 0 Å². The summed E-state index contributed by atoms with van der Waals surface area (Å²) in [5, 5.41) is 1.99. The highest BCUT2D eigenvalue weighted by atomic mass is 79.9. The molecule has 0 amide bonds. The average Bonchev–Trinajstić information content (AvgIpc) is 2.93. The van der Waals surface area contributed by atoms with Gasteiger partial charge in [-0.05, 0) is 97.0 Å². The Kier molecular flexibility index (Phi) is 15.5. The molecule has 0 saturated carbocycles. The summed E-state index contributed by atoms with van der Waals surface area (Å²) in [7, 11) is 0. The third-order valence-corrected chi connectivity index (χ3v) is 8.05. The molecule has 0 aliphatic carbocycles. The fourth-order valence-electron chi connectivity index (χ4n) is 2.85. The summed E-state index contributed by atoms with van der Waals surface area (Å²) in [5.41, 5.74) is 2.15. The minimum Gasteiger partial charge on any atom is -0.311 e. The van der Waals surface area contributed by atoms with Gasteiger partial charge in [0.25, 0.3) is 11.1 Å². The van der Waals surface area contributed by atoms with Gasteiger partial charge in [-0.1, -0.05) is 59.2 Å². The second-order valence-electron chi connectivity index (χ2n) is 7.61. The van der Waals surface area contributed by atoms with Gasteiger partial charge in [-0.2, -0.15) is 12.6 Å². The second kappa shape index (κ2) is 17.7. The number of hydrogen-bond donors (Lipinski definition) is 1. The fourth-order valence-corrected chi connectivity index (χ4v) is 5.83. The van der Waals surface area contributed by atoms with Crippen LogP contribution in [0.25, 0.3) is 0 Å². The van der Waals surface area contributed by atoms with Crippen molar-refractivity contribution in [3.8, 4) is 0 Å². The van der Waals surface area contributed by atoms with Crippen LogP contribution in [-0.4, -0.2) is 19.1 Å². The number of aromatic nitrogens is 4. The van der Waals surface area contributed by atoms with Crippen LogP contribution in [-0.2, 0) is 24.6 Å². The van der Waals surface area contributed by atoms with Crippen LogP contribution in [0.2, 0.25) is 10.0 Å². The maximum atomic E-state index is 12.1. The Hall–Kier alpha value is -1.08. The number of aryl methyl sites for hydroxylation is 2. The molecule has 208 valence electrons. The zero-order chi connectivity index (χ0) is 28.9. The molecule has 4 aromatic rings. The van der Waals surface area contributed by atoms with E-state index in [2.05, 4.69) is 70.4 Å². The van der Waals surface area contributed by atoms with E-state index in [9.17, 15) is 9.59 Å². The second-order valence-corrected chi connectivity index (χ2v) is 12.1. The number of halogens is 5. The van der Waals surface area contributed by atoms with Crippen LogP contribution in [0.15, 0.2) is 89.3 Å². The molecule has 6 nitrogen and oxygen atoms in total. The SMILES string of the molecule is CCn1cc(Br)nc(Br)c1=O.CCn1cc(Br)nc(SCc2ccc(Cl)cc2)c1=O.SCc1ccc(Cl)cc1. The summed E-state index contributed by atoms with van der Waals surface area (Å²) < 4.78 is 4.88. The van der Waals surface area contributed by atoms with Crippen molar-refractivity contribution in [2.45, 2.75) is 43.5 Å². The van der Waals surface area contributed by atoms with Crippen molar-refractivity contribution < 1.29 is 0 Å². The smallest absolute Gasteiger partial charge is 0.283 e. The summed E-state index contributed by atoms with van der Waals surface area (Å²) in [4.78, 5) is 31.4. The number of benzene rings is 2. The standard InChI is InChI=1S/C13H12BrClN2OS.C7H7ClS.C6H6Br2N2O/c1-2-17-7-11(14)16-12(13(17)18)19-8-9-3-5-10(15)6-4-9;8-7-3-1-6(5-9)2-4-7;1-2-10-3-4(7)9-5(8)6(10)11/h3-7H,2,8H2,1H3;1-4,9H,5H2;3H,2H2,1H3. The first-order chi connectivity index (χ1) is 18.6. The van der Waals surface area contributed by atoms with Crippen LogP contribution in [0.5, 0.6) is 0 Å². The van der Waals surface area contributed by atoms with Crippen LogP contribution in [0.3, 0.4) is 0 Å². The first-order valence-electron chi connectivity index (χ1n) is 11.5. The summed E-state index contributed by atoms with van der Waals surface area (Å²) >= 11 is 26.6. The normalized spacial score (nSPS) is 10.3. The minimum atomic E-state index is -0.101. The highest BCUT2D eigenvalue weighted by molar-refractivity contribution is 9.11. The summed E-state index contributed by atoms with van der Waals surface area (Å²) in [6, 6.07) is 15.3. The van der Waals surface area contributed by atoms with Crippen molar-refractivity contribution in [2.75, 3.05) is 0 Å². The molecule has 4 rings (SSSR count). The molecule has 2 aromatic heterocycles. The van der Waals surface area contributed by atoms with E-state index in [0.717, 1.165) is 16.3 Å². The maximum absolute atomic E-state index is 12.1. The van der Waals surface area contributed by atoms with Gasteiger partial charge in [-0.3, -0.25) is 9.59 Å². The predicted octanol–water partition coefficient (Wildman–Crippen LogP) is 8.53. The highest BCUT2D eigenvalue weighted by Gasteiger charge is 2.08. The molecule has 0 spiro atoms. The number of hydrogen-bond acceptors (Lipinski definition) is 6. The van der Waals surface area contributed by atoms with E-state index in [1.807, 2.05) is 62.4 Å². The summed E-state index contributed by atoms with van der Waals surface area (Å²) in [6.07, 6.45) is 3.36.